The van der Waals surface area contributed by atoms with Crippen LogP contribution in [0.1, 0.15) is 40.2 Å². The lowest BCUT2D eigenvalue weighted by Gasteiger charge is -2.08. The number of anilines is 1. The van der Waals surface area contributed by atoms with Crippen LogP contribution < -0.4 is 10.1 Å². The summed E-state index contributed by atoms with van der Waals surface area (Å²) in [6, 6.07) is 5.58. The molecule has 2 heterocycles. The fourth-order valence-corrected chi connectivity index (χ4v) is 3.54. The van der Waals surface area contributed by atoms with Gasteiger partial charge in [0.15, 0.2) is 5.69 Å². The third-order valence-corrected chi connectivity index (χ3v) is 4.91. The number of carbonyl (C=O) groups excluding carboxylic acids is 1. The molecule has 140 valence electrons. The molecule has 0 radical (unpaired) electrons. The van der Waals surface area contributed by atoms with Crippen LogP contribution in [0.15, 0.2) is 35.1 Å². The summed E-state index contributed by atoms with van der Waals surface area (Å²) >= 11 is 6.16. The Balaban J connectivity index is 1.44. The topological polar surface area (TPSA) is 82.2 Å². The van der Waals surface area contributed by atoms with Crippen LogP contribution in [-0.2, 0) is 19.4 Å². The van der Waals surface area contributed by atoms with Crippen molar-refractivity contribution in [2.24, 2.45) is 0 Å². The third-order valence-electron chi connectivity index (χ3n) is 4.62. The number of halogens is 1. The summed E-state index contributed by atoms with van der Waals surface area (Å²) < 4.78 is 12.2. The first-order valence-corrected chi connectivity index (χ1v) is 9.15. The van der Waals surface area contributed by atoms with Gasteiger partial charge in [0.1, 0.15) is 11.5 Å². The van der Waals surface area contributed by atoms with Crippen molar-refractivity contribution in [1.82, 2.24) is 14.9 Å². The minimum atomic E-state index is -0.269. The molecule has 0 saturated heterocycles. The lowest BCUT2D eigenvalue weighted by atomic mass is 9.96. The van der Waals surface area contributed by atoms with E-state index < -0.39 is 0 Å². The first kappa shape index (κ1) is 17.6. The second-order valence-corrected chi connectivity index (χ2v) is 6.90. The zero-order chi connectivity index (χ0) is 18.8. The fourth-order valence-electron chi connectivity index (χ4n) is 3.26. The molecule has 0 fully saturated rings. The Hall–Kier alpha value is -2.80. The average Bonchev–Trinajstić information content (AvgIpc) is 3.28. The molecule has 1 N–H and O–H groups in total. The number of carbonyl (C=O) groups is 1. The van der Waals surface area contributed by atoms with Crippen molar-refractivity contribution in [2.45, 2.75) is 32.2 Å². The van der Waals surface area contributed by atoms with Crippen molar-refractivity contribution in [2.75, 3.05) is 12.4 Å². The highest BCUT2D eigenvalue weighted by atomic mass is 35.5. The Morgan fingerprint density at radius 1 is 1.37 bits per heavy atom. The Bertz CT molecular complexity index is 979. The molecule has 8 heteroatoms. The summed E-state index contributed by atoms with van der Waals surface area (Å²) in [4.78, 5) is 12.5. The van der Waals surface area contributed by atoms with E-state index in [1.807, 2.05) is 18.2 Å². The van der Waals surface area contributed by atoms with Gasteiger partial charge < -0.3 is 14.6 Å². The average molecular weight is 387 g/mol. The first-order chi connectivity index (χ1) is 13.1. The van der Waals surface area contributed by atoms with Gasteiger partial charge in [0.05, 0.1) is 30.6 Å². The predicted octanol–water partition coefficient (Wildman–Crippen LogP) is 3.71. The zero-order valence-electron chi connectivity index (χ0n) is 14.9. The van der Waals surface area contributed by atoms with Gasteiger partial charge in [-0.3, -0.25) is 9.48 Å². The van der Waals surface area contributed by atoms with Gasteiger partial charge in [-0.05, 0) is 37.0 Å². The fraction of sp³-hybridized carbons (Fsp3) is 0.316. The highest BCUT2D eigenvalue weighted by molar-refractivity contribution is 6.32. The van der Waals surface area contributed by atoms with Gasteiger partial charge in [0.2, 0.25) is 0 Å². The van der Waals surface area contributed by atoms with Crippen LogP contribution >= 0.6 is 11.6 Å². The molecule has 3 aromatic rings. The number of hydrogen-bond donors (Lipinski definition) is 1. The minimum absolute atomic E-state index is 0.269. The molecule has 4 rings (SSSR count). The molecule has 0 saturated carbocycles. The van der Waals surface area contributed by atoms with Gasteiger partial charge in [-0.1, -0.05) is 22.8 Å². The highest BCUT2D eigenvalue weighted by Crippen LogP contribution is 2.26. The number of methoxy groups -OCH3 is 1. The van der Waals surface area contributed by atoms with E-state index in [9.17, 15) is 4.79 Å². The van der Waals surface area contributed by atoms with E-state index >= 15 is 0 Å². The van der Waals surface area contributed by atoms with Crippen molar-refractivity contribution < 1.29 is 14.1 Å². The number of aryl methyl sites for hydroxylation is 1. The van der Waals surface area contributed by atoms with Crippen LogP contribution in [-0.4, -0.2) is 28.0 Å². The van der Waals surface area contributed by atoms with Crippen molar-refractivity contribution in [3.63, 3.8) is 0 Å². The molecule has 1 aliphatic rings. The maximum atomic E-state index is 12.5. The van der Waals surface area contributed by atoms with Crippen LogP contribution in [0.2, 0.25) is 5.02 Å². The third kappa shape index (κ3) is 3.68. The van der Waals surface area contributed by atoms with Gasteiger partial charge in [-0.2, -0.15) is 5.10 Å². The van der Waals surface area contributed by atoms with E-state index in [-0.39, 0.29) is 5.91 Å². The second kappa shape index (κ2) is 7.44. The molecule has 1 amide bonds. The molecule has 27 heavy (non-hydrogen) atoms. The van der Waals surface area contributed by atoms with Crippen LogP contribution in [0.25, 0.3) is 0 Å². The van der Waals surface area contributed by atoms with Crippen molar-refractivity contribution in [3.8, 4) is 5.75 Å². The largest absolute Gasteiger partial charge is 0.495 e. The smallest absolute Gasteiger partial charge is 0.278 e. The Morgan fingerprint density at radius 3 is 3.04 bits per heavy atom. The molecule has 1 aromatic carbocycles. The minimum Gasteiger partial charge on any atom is -0.495 e. The normalized spacial score (nSPS) is 13.3. The first-order valence-electron chi connectivity index (χ1n) is 8.77. The van der Waals surface area contributed by atoms with E-state index in [1.165, 1.54) is 0 Å². The SMILES string of the molecule is COc1ccc(Cn2cc(NC(=O)c3noc4c3CCCC4)cn2)cc1Cl. The molecule has 0 unspecified atom stereocenters. The van der Waals surface area contributed by atoms with Crippen molar-refractivity contribution >= 4 is 23.2 Å². The Morgan fingerprint density at radius 2 is 2.22 bits per heavy atom. The number of fused-ring (bicyclic) bond motifs is 1. The number of benzene rings is 1. The van der Waals surface area contributed by atoms with Crippen molar-refractivity contribution in [3.05, 3.63) is 58.2 Å². The summed E-state index contributed by atoms with van der Waals surface area (Å²) in [5.41, 5.74) is 2.89. The lowest BCUT2D eigenvalue weighted by Crippen LogP contribution is -2.15. The van der Waals surface area contributed by atoms with Gasteiger partial charge in [0, 0.05) is 18.2 Å². The molecule has 7 nitrogen and oxygen atoms in total. The molecule has 1 aliphatic carbocycles. The number of nitrogens with zero attached hydrogens (tertiary/aromatic N) is 3. The molecule has 0 aliphatic heterocycles. The van der Waals surface area contributed by atoms with Crippen LogP contribution in [0, 0.1) is 0 Å². The van der Waals surface area contributed by atoms with E-state index in [2.05, 4.69) is 15.6 Å². The van der Waals surface area contributed by atoms with Crippen molar-refractivity contribution in [1.29, 1.82) is 0 Å². The summed E-state index contributed by atoms with van der Waals surface area (Å²) in [6.07, 6.45) is 7.18. The second-order valence-electron chi connectivity index (χ2n) is 6.49. The van der Waals surface area contributed by atoms with E-state index in [0.717, 1.165) is 42.6 Å². The highest BCUT2D eigenvalue weighted by Gasteiger charge is 2.24. The maximum Gasteiger partial charge on any atom is 0.278 e. The molecule has 2 aromatic heterocycles. The van der Waals surface area contributed by atoms with Gasteiger partial charge >= 0.3 is 0 Å². The zero-order valence-corrected chi connectivity index (χ0v) is 15.6. The summed E-state index contributed by atoms with van der Waals surface area (Å²) in [5, 5.41) is 11.6. The summed E-state index contributed by atoms with van der Waals surface area (Å²) in [7, 11) is 1.58. The summed E-state index contributed by atoms with van der Waals surface area (Å²) in [5.74, 6) is 1.19. The number of rotatable bonds is 5. The Kier molecular flexibility index (Phi) is 4.85. The van der Waals surface area contributed by atoms with Crippen LogP contribution in [0.4, 0.5) is 5.69 Å². The number of aromatic nitrogens is 3. The lowest BCUT2D eigenvalue weighted by molar-refractivity contribution is 0.101. The molecule has 0 bridgehead atoms. The van der Waals surface area contributed by atoms with E-state index in [1.54, 1.807) is 24.2 Å². The number of amides is 1. The van der Waals surface area contributed by atoms with E-state index in [4.69, 9.17) is 20.9 Å². The molecular formula is C19H19ClN4O3. The molecule has 0 spiro atoms. The number of ether oxygens (including phenoxy) is 1. The van der Waals surface area contributed by atoms with E-state index in [0.29, 0.717) is 28.7 Å². The van der Waals surface area contributed by atoms with Crippen LogP contribution in [0.3, 0.4) is 0 Å². The Labute approximate surface area is 161 Å². The van der Waals surface area contributed by atoms with Gasteiger partial charge in [-0.25, -0.2) is 0 Å². The standard InChI is InChI=1S/C19H19ClN4O3/c1-26-17-7-6-12(8-15(17)20)10-24-11-13(9-21-24)22-19(25)18-14-4-2-3-5-16(14)27-23-18/h6-9,11H,2-5,10H2,1H3,(H,22,25). The van der Waals surface area contributed by atoms with Gasteiger partial charge in [0.25, 0.3) is 5.91 Å². The quantitative estimate of drug-likeness (QED) is 0.722. The molecule has 0 atom stereocenters. The number of hydrogen-bond acceptors (Lipinski definition) is 5. The van der Waals surface area contributed by atoms with Crippen LogP contribution in [0.5, 0.6) is 5.75 Å². The summed E-state index contributed by atoms with van der Waals surface area (Å²) in [6.45, 7) is 0.527. The monoisotopic (exact) mass is 386 g/mol. The van der Waals surface area contributed by atoms with Gasteiger partial charge in [-0.15, -0.1) is 0 Å². The maximum absolute atomic E-state index is 12.5. The number of nitrogens with one attached hydrogen (secondary N) is 1. The predicted molar refractivity (Wildman–Crippen MR) is 100 cm³/mol. The molecular weight excluding hydrogens is 368 g/mol.